The summed E-state index contributed by atoms with van der Waals surface area (Å²) in [5.74, 6) is -10.4. The van der Waals surface area contributed by atoms with Crippen LogP contribution in [0.1, 0.15) is 69.7 Å². The zero-order valence-corrected chi connectivity index (χ0v) is 55.3. The van der Waals surface area contributed by atoms with Crippen molar-refractivity contribution in [1.82, 2.24) is 19.8 Å². The van der Waals surface area contributed by atoms with E-state index in [0.717, 1.165) is 0 Å². The summed E-state index contributed by atoms with van der Waals surface area (Å²) in [5, 5.41) is 20.0. The molecule has 2 aliphatic heterocycles. The number of amides is 6. The fourth-order valence-corrected chi connectivity index (χ4v) is 13.9. The van der Waals surface area contributed by atoms with Crippen LogP contribution >= 0.6 is 22.7 Å². The Morgan fingerprint density at radius 2 is 0.657 bits per heavy atom. The second kappa shape index (κ2) is 28.3. The first-order valence-corrected chi connectivity index (χ1v) is 32.8. The summed E-state index contributed by atoms with van der Waals surface area (Å²) in [7, 11) is 0. The van der Waals surface area contributed by atoms with Gasteiger partial charge in [0.2, 0.25) is 21.1 Å². The van der Waals surface area contributed by atoms with Gasteiger partial charge in [0.05, 0.1) is 21.1 Å². The summed E-state index contributed by atoms with van der Waals surface area (Å²) in [6.45, 7) is -0.0335. The van der Waals surface area contributed by atoms with Crippen molar-refractivity contribution in [1.29, 1.82) is 10.5 Å². The molecule has 0 bridgehead atoms. The van der Waals surface area contributed by atoms with Gasteiger partial charge < -0.3 is 28.4 Å². The van der Waals surface area contributed by atoms with E-state index in [0.29, 0.717) is 56.1 Å². The predicted molar refractivity (Wildman–Crippen MR) is 363 cm³/mol. The van der Waals surface area contributed by atoms with Gasteiger partial charge in [0, 0.05) is 11.1 Å². The molecule has 0 atom stereocenters. The number of fused-ring (bicyclic) bond motifs is 6. The van der Waals surface area contributed by atoms with Crippen molar-refractivity contribution in [2.24, 2.45) is 9.98 Å². The third-order valence-corrected chi connectivity index (χ3v) is 19.0. The van der Waals surface area contributed by atoms with Crippen LogP contribution in [-0.4, -0.2) is 90.9 Å². The Bertz CT molecular complexity index is 4780. The van der Waals surface area contributed by atoms with Gasteiger partial charge in [0.1, 0.15) is 74.3 Å². The summed E-state index contributed by atoms with van der Waals surface area (Å²) >= 11 is 1.34. The maximum absolute atomic E-state index is 16.0. The maximum atomic E-state index is 16.0. The van der Waals surface area contributed by atoms with Crippen molar-refractivity contribution in [3.05, 3.63) is 272 Å². The lowest BCUT2D eigenvalue weighted by atomic mass is 9.76. The molecule has 7 aromatic carbocycles. The number of ether oxygens (including phenoxy) is 6. The zero-order chi connectivity index (χ0) is 71.4. The summed E-state index contributed by atoms with van der Waals surface area (Å²) in [5.41, 5.74) is -7.30. The van der Waals surface area contributed by atoms with E-state index in [9.17, 15) is 39.3 Å². The van der Waals surface area contributed by atoms with E-state index in [2.05, 4.69) is 9.98 Å². The molecule has 6 amide bonds. The quantitative estimate of drug-likeness (QED) is 0.0333. The molecule has 0 radical (unpaired) electrons. The molecule has 13 rings (SSSR count). The molecule has 4 heterocycles. The van der Waals surface area contributed by atoms with Crippen molar-refractivity contribution in [3.8, 4) is 33.0 Å². The van der Waals surface area contributed by atoms with Gasteiger partial charge >= 0.3 is 36.1 Å². The van der Waals surface area contributed by atoms with Crippen molar-refractivity contribution in [2.75, 3.05) is 0 Å². The van der Waals surface area contributed by atoms with E-state index in [1.165, 1.54) is 26.0 Å². The van der Waals surface area contributed by atoms with Crippen LogP contribution < -0.4 is 0 Å². The summed E-state index contributed by atoms with van der Waals surface area (Å²) in [6, 6.07) is 56.7. The van der Waals surface area contributed by atoms with Crippen molar-refractivity contribution in [3.63, 3.8) is 0 Å². The first-order valence-electron chi connectivity index (χ1n) is 31.1. The number of hydrogen-bond acceptors (Lipinski definition) is 24. The lowest BCUT2D eigenvalue weighted by molar-refractivity contribution is -0.166. The summed E-state index contributed by atoms with van der Waals surface area (Å²) in [6.07, 6.45) is -2.88. The van der Waals surface area contributed by atoms with Gasteiger partial charge in [-0.1, -0.05) is 205 Å². The zero-order valence-electron chi connectivity index (χ0n) is 53.6. The standard InChI is InChI=1S/C76H50N8O16S2/c1-43-53(35-77)63(85)83(73(93)99-41-49-29-17-7-18-30-49)65(87)57(43)79-71-81-61-59(101-71)51-33-56-52(34-55(51)75(61,67(89)95-37-45-21-9-3-10-22-45)68(90)96-38-46-23-11-4-12-24-46)60-62(76(56,69(91)97-39-47-25-13-5-14-26-47)70(92)98-40-48-27-15-6-16-28-48)82-72(102-60)80-58-44(2)54(36-78)64(86)84(66(58)88)74(94)100-42-50-31-19-8-20-32-50/h3-34H,37-42H2,1-2H3/b79-57-,80-58+. The van der Waals surface area contributed by atoms with Crippen molar-refractivity contribution >= 4 is 104 Å². The fraction of sp³-hybridized carbons (Fsp3) is 0.132. The number of nitriles is 2. The lowest BCUT2D eigenvalue weighted by Gasteiger charge is -2.28. The Labute approximate surface area is 587 Å². The van der Waals surface area contributed by atoms with E-state index in [1.54, 1.807) is 194 Å². The normalized spacial score (nSPS) is 15.4. The van der Waals surface area contributed by atoms with Crippen LogP contribution in [0.4, 0.5) is 19.9 Å². The number of nitrogens with zero attached hydrogens (tertiary/aromatic N) is 8. The number of hydrogen-bond donors (Lipinski definition) is 0. The van der Waals surface area contributed by atoms with Crippen LogP contribution in [0.15, 0.2) is 226 Å². The van der Waals surface area contributed by atoms with Crippen molar-refractivity contribution in [2.45, 2.75) is 64.3 Å². The molecule has 0 saturated heterocycles. The van der Waals surface area contributed by atoms with Crippen molar-refractivity contribution < 1.29 is 76.4 Å². The van der Waals surface area contributed by atoms with Gasteiger partial charge in [-0.05, 0) is 81.6 Å². The monoisotopic (exact) mass is 1390 g/mol. The average molecular weight is 1400 g/mol. The molecule has 9 aromatic rings. The highest BCUT2D eigenvalue weighted by Crippen LogP contribution is 2.61. The SMILES string of the molecule is CC1=C(C#N)C(=O)N(C(=O)OCc2ccccc2)C(=O)/C1=N\c1nc2c(s1)-c1cc3c(cc1C2(C(=O)OCc1ccccc1)C(=O)OCc1ccccc1)-c1sc(/N=C2/C(=O)N(C(=O)OCc4ccccc4)C(=O)C(C#N)=C2C)nc1C3(C(=O)OCc1ccccc1)C(=O)OCc1ccccc1. The van der Waals surface area contributed by atoms with Crippen LogP contribution in [0.2, 0.25) is 0 Å². The number of aromatic nitrogens is 2. The van der Waals surface area contributed by atoms with Crippen LogP contribution in [-0.2, 0) is 117 Å². The summed E-state index contributed by atoms with van der Waals surface area (Å²) in [4.78, 5) is 168. The Hall–Kier alpha value is -13.3. The molecule has 502 valence electrons. The third kappa shape index (κ3) is 12.2. The maximum Gasteiger partial charge on any atom is 0.424 e. The molecule has 24 nitrogen and oxygen atoms in total. The van der Waals surface area contributed by atoms with E-state index >= 15 is 19.2 Å². The number of thiazole rings is 2. The number of carbonyl (C=O) groups is 10. The number of aliphatic imine (C=N–C) groups is 2. The second-order valence-corrected chi connectivity index (χ2v) is 25.1. The van der Waals surface area contributed by atoms with Gasteiger partial charge in [0.15, 0.2) is 0 Å². The van der Waals surface area contributed by atoms with Gasteiger partial charge in [-0.3, -0.25) is 38.4 Å². The number of esters is 4. The summed E-state index contributed by atoms with van der Waals surface area (Å²) < 4.78 is 35.5. The molecule has 26 heteroatoms. The van der Waals surface area contributed by atoms with E-state index < -0.39 is 141 Å². The van der Waals surface area contributed by atoms with Gasteiger partial charge in [-0.25, -0.2) is 29.5 Å². The molecule has 4 aliphatic rings. The van der Waals surface area contributed by atoms with Crippen LogP contribution in [0, 0.1) is 22.7 Å². The number of rotatable bonds is 18. The first kappa shape index (κ1) is 67.3. The second-order valence-electron chi connectivity index (χ2n) is 23.2. The highest BCUT2D eigenvalue weighted by Gasteiger charge is 2.65. The Morgan fingerprint density at radius 3 is 0.912 bits per heavy atom. The molecule has 0 unspecified atom stereocenters. The smallest absolute Gasteiger partial charge is 0.424 e. The molecule has 102 heavy (non-hydrogen) atoms. The van der Waals surface area contributed by atoms with E-state index in [-0.39, 0.29) is 66.2 Å². The molecule has 2 aromatic heterocycles. The molecular formula is C76H50N8O16S2. The molecule has 0 fully saturated rings. The topological polar surface area (TPSA) is 331 Å². The Balaban J connectivity index is 1.03. The number of carbonyl (C=O) groups excluding carboxylic acids is 10. The molecule has 0 saturated carbocycles. The molecule has 0 spiro atoms. The fourth-order valence-electron chi connectivity index (χ4n) is 11.9. The highest BCUT2D eigenvalue weighted by molar-refractivity contribution is 7.19. The van der Waals surface area contributed by atoms with Gasteiger partial charge in [-0.15, -0.1) is 0 Å². The van der Waals surface area contributed by atoms with Gasteiger partial charge in [0.25, 0.3) is 23.6 Å². The Kier molecular flexibility index (Phi) is 18.6. The molecular weight excluding hydrogens is 1350 g/mol. The van der Waals surface area contributed by atoms with E-state index in [1.807, 2.05) is 0 Å². The lowest BCUT2D eigenvalue weighted by Crippen LogP contribution is -2.50. The third-order valence-electron chi connectivity index (χ3n) is 17.0. The minimum absolute atomic E-state index is 0.0617. The minimum Gasteiger partial charge on any atom is -0.459 e. The van der Waals surface area contributed by atoms with Crippen LogP contribution in [0.5, 0.6) is 0 Å². The van der Waals surface area contributed by atoms with Crippen LogP contribution in [0.3, 0.4) is 0 Å². The average Bonchev–Trinajstić information content (AvgIpc) is 1.51. The Morgan fingerprint density at radius 1 is 0.402 bits per heavy atom. The molecule has 0 N–H and O–H groups in total. The van der Waals surface area contributed by atoms with E-state index in [4.69, 9.17) is 38.4 Å². The van der Waals surface area contributed by atoms with Gasteiger partial charge in [-0.2, -0.15) is 20.3 Å². The van der Waals surface area contributed by atoms with Crippen LogP contribution in [0.25, 0.3) is 20.9 Å². The largest absolute Gasteiger partial charge is 0.459 e. The number of benzene rings is 7. The molecule has 2 aliphatic carbocycles. The minimum atomic E-state index is -2.82. The first-order chi connectivity index (χ1) is 49.5. The highest BCUT2D eigenvalue weighted by atomic mass is 32.1. The number of imide groups is 6. The predicted octanol–water partition coefficient (Wildman–Crippen LogP) is 11.3.